The van der Waals surface area contributed by atoms with Crippen LogP contribution >= 0.6 is 0 Å². The van der Waals surface area contributed by atoms with Gasteiger partial charge in [0.25, 0.3) is 5.91 Å². The summed E-state index contributed by atoms with van der Waals surface area (Å²) in [6.07, 6.45) is 2.07. The molecule has 5 rings (SSSR count). The number of aromatic nitrogens is 3. The molecule has 38 heavy (non-hydrogen) atoms. The molecule has 1 amide bonds. The molecule has 0 bridgehead atoms. The van der Waals surface area contributed by atoms with E-state index in [-0.39, 0.29) is 36.0 Å². The summed E-state index contributed by atoms with van der Waals surface area (Å²) in [6, 6.07) is 15.4. The molecule has 10 heteroatoms. The topological polar surface area (TPSA) is 110 Å². The normalized spacial score (nSPS) is 25.7. The zero-order valence-corrected chi connectivity index (χ0v) is 23.5. The third-order valence-corrected chi connectivity index (χ3v) is 10.8. The largest absolute Gasteiger partial charge is 0.497 e. The fourth-order valence-electron chi connectivity index (χ4n) is 6.46. The molecule has 9 nitrogen and oxygen atoms in total. The summed E-state index contributed by atoms with van der Waals surface area (Å²) >= 11 is 0. The van der Waals surface area contributed by atoms with Gasteiger partial charge in [-0.25, -0.2) is 0 Å². The molecule has 0 saturated carbocycles. The lowest BCUT2D eigenvalue weighted by molar-refractivity contribution is -0.145. The molecule has 202 valence electrons. The summed E-state index contributed by atoms with van der Waals surface area (Å²) in [6.45, 7) is 6.29. The van der Waals surface area contributed by atoms with Gasteiger partial charge in [0.15, 0.2) is 13.9 Å². The van der Waals surface area contributed by atoms with Crippen LogP contribution in [0.5, 0.6) is 5.75 Å². The monoisotopic (exact) mass is 536 g/mol. The van der Waals surface area contributed by atoms with E-state index in [0.717, 1.165) is 16.8 Å². The number of nitrogens with zero attached hydrogens (tertiary/aromatic N) is 4. The molecule has 0 radical (unpaired) electrons. The number of hydrogen-bond donors (Lipinski definition) is 2. The van der Waals surface area contributed by atoms with Crippen LogP contribution in [0.3, 0.4) is 0 Å². The maximum Gasteiger partial charge on any atom is 0.264 e. The second kappa shape index (κ2) is 9.92. The Labute approximate surface area is 224 Å². The first-order valence-electron chi connectivity index (χ1n) is 13.0. The van der Waals surface area contributed by atoms with Crippen LogP contribution in [0.2, 0.25) is 18.6 Å². The zero-order valence-electron chi connectivity index (χ0n) is 22.5. The van der Waals surface area contributed by atoms with Crippen LogP contribution < -0.4 is 9.64 Å². The number of anilines is 1. The van der Waals surface area contributed by atoms with Gasteiger partial charge in [-0.05, 0) is 43.3 Å². The van der Waals surface area contributed by atoms with Gasteiger partial charge in [0.1, 0.15) is 5.75 Å². The Balaban J connectivity index is 1.42. The van der Waals surface area contributed by atoms with E-state index < -0.39 is 13.9 Å². The highest BCUT2D eigenvalue weighted by Crippen LogP contribution is 2.59. The summed E-state index contributed by atoms with van der Waals surface area (Å²) < 4.78 is 14.0. The number of carbonyl (C=O) groups is 1. The fraction of sp³-hybridized carbons (Fsp3) is 0.464. The van der Waals surface area contributed by atoms with Crippen molar-refractivity contribution in [2.24, 2.45) is 5.92 Å². The lowest BCUT2D eigenvalue weighted by atomic mass is 9.82. The van der Waals surface area contributed by atoms with Crippen molar-refractivity contribution in [2.45, 2.75) is 56.1 Å². The van der Waals surface area contributed by atoms with E-state index in [1.54, 1.807) is 23.7 Å². The molecule has 0 aliphatic carbocycles. The number of aryl methyl sites for hydroxylation is 1. The molecule has 1 aromatic heterocycles. The number of amides is 1. The standard InChI is InChI=1S/C28H36N4O5Si/c1-18-26(38(4,5)35)25(37-28(18)22-15-20(36-3)11-12-24(22)31(2)27(28)34)13-14-32-16-23(29-30-32)21(17-33)19-9-7-6-8-10-19/h6-12,15-16,18,21,25-26,33,35H,13-14,17H2,1-5H3/t18-,21?,25+,26-,28+/m0/s1. The van der Waals surface area contributed by atoms with E-state index in [0.29, 0.717) is 24.4 Å². The molecular weight excluding hydrogens is 500 g/mol. The van der Waals surface area contributed by atoms with Gasteiger partial charge in [-0.15, -0.1) is 5.10 Å². The molecule has 2 N–H and O–H groups in total. The quantitative estimate of drug-likeness (QED) is 0.425. The summed E-state index contributed by atoms with van der Waals surface area (Å²) in [4.78, 5) is 26.8. The van der Waals surface area contributed by atoms with Crippen LogP contribution in [0, 0.1) is 5.92 Å². The smallest absolute Gasteiger partial charge is 0.264 e. The van der Waals surface area contributed by atoms with Crippen LogP contribution in [0.15, 0.2) is 54.7 Å². The average molecular weight is 537 g/mol. The maximum atomic E-state index is 13.8. The summed E-state index contributed by atoms with van der Waals surface area (Å²) in [5, 5.41) is 18.7. The lowest BCUT2D eigenvalue weighted by Crippen LogP contribution is -2.45. The molecule has 3 heterocycles. The SMILES string of the molecule is COc1ccc2c(c1)[C@@]1(O[C@H](CCn3cc(C(CO)c4ccccc4)nn3)[C@@H]([Si](C)(C)O)[C@@H]1C)C(=O)N2C. The lowest BCUT2D eigenvalue weighted by Gasteiger charge is -2.32. The van der Waals surface area contributed by atoms with Crippen LogP contribution in [0.1, 0.15) is 36.1 Å². The van der Waals surface area contributed by atoms with Gasteiger partial charge in [-0.2, -0.15) is 0 Å². The Morgan fingerprint density at radius 3 is 2.61 bits per heavy atom. The Hall–Kier alpha value is -3.05. The number of aliphatic hydroxyl groups is 1. The first-order valence-corrected chi connectivity index (χ1v) is 16.1. The van der Waals surface area contributed by atoms with Crippen LogP contribution in [0.4, 0.5) is 5.69 Å². The van der Waals surface area contributed by atoms with Crippen molar-refractivity contribution in [3.05, 3.63) is 71.5 Å². The number of ether oxygens (including phenoxy) is 2. The van der Waals surface area contributed by atoms with Crippen LogP contribution in [-0.2, 0) is 21.7 Å². The molecular formula is C28H36N4O5Si. The minimum atomic E-state index is -2.74. The fourth-order valence-corrected chi connectivity index (χ4v) is 9.06. The van der Waals surface area contributed by atoms with E-state index in [1.165, 1.54) is 0 Å². The number of benzene rings is 2. The van der Waals surface area contributed by atoms with Crippen LogP contribution in [-0.4, -0.2) is 66.0 Å². The van der Waals surface area contributed by atoms with Gasteiger partial charge in [-0.3, -0.25) is 9.48 Å². The van der Waals surface area contributed by atoms with Gasteiger partial charge in [-0.1, -0.05) is 42.5 Å². The van der Waals surface area contributed by atoms with Crippen molar-refractivity contribution in [3.63, 3.8) is 0 Å². The zero-order chi connectivity index (χ0) is 27.2. The Morgan fingerprint density at radius 1 is 1.21 bits per heavy atom. The molecule has 2 aliphatic rings. The highest BCUT2D eigenvalue weighted by Gasteiger charge is 2.65. The molecule has 3 aromatic rings. The van der Waals surface area contributed by atoms with E-state index in [9.17, 15) is 14.7 Å². The maximum absolute atomic E-state index is 13.8. The number of aliphatic hydroxyl groups excluding tert-OH is 1. The predicted molar refractivity (Wildman–Crippen MR) is 146 cm³/mol. The second-order valence-electron chi connectivity index (χ2n) is 10.9. The van der Waals surface area contributed by atoms with Crippen molar-refractivity contribution in [3.8, 4) is 5.75 Å². The van der Waals surface area contributed by atoms with Gasteiger partial charge < -0.3 is 24.3 Å². The predicted octanol–water partition coefficient (Wildman–Crippen LogP) is 3.28. The third kappa shape index (κ3) is 4.25. The first kappa shape index (κ1) is 26.5. The molecule has 2 aromatic carbocycles. The molecule has 5 atom stereocenters. The summed E-state index contributed by atoms with van der Waals surface area (Å²) in [5.74, 6) is 0.0569. The number of rotatable bonds is 8. The highest BCUT2D eigenvalue weighted by molar-refractivity contribution is 6.71. The third-order valence-electron chi connectivity index (χ3n) is 8.26. The van der Waals surface area contributed by atoms with E-state index >= 15 is 0 Å². The van der Waals surface area contributed by atoms with Crippen molar-refractivity contribution in [1.29, 1.82) is 0 Å². The van der Waals surface area contributed by atoms with E-state index in [2.05, 4.69) is 10.3 Å². The minimum Gasteiger partial charge on any atom is -0.497 e. The second-order valence-corrected chi connectivity index (χ2v) is 14.9. The number of hydrogen-bond acceptors (Lipinski definition) is 7. The summed E-state index contributed by atoms with van der Waals surface area (Å²) in [5.41, 5.74) is 1.91. The van der Waals surface area contributed by atoms with Crippen molar-refractivity contribution in [2.75, 3.05) is 25.7 Å². The highest BCUT2D eigenvalue weighted by atomic mass is 28.4. The summed E-state index contributed by atoms with van der Waals surface area (Å²) in [7, 11) is 0.629. The number of likely N-dealkylation sites (N-methyl/N-ethyl adjacent to an activating group) is 1. The van der Waals surface area contributed by atoms with Gasteiger partial charge >= 0.3 is 0 Å². The van der Waals surface area contributed by atoms with Gasteiger partial charge in [0.2, 0.25) is 0 Å². The van der Waals surface area contributed by atoms with Crippen LogP contribution in [0.25, 0.3) is 0 Å². The molecule has 1 fully saturated rings. The van der Waals surface area contributed by atoms with Crippen molar-refractivity contribution >= 4 is 19.9 Å². The molecule has 1 unspecified atom stereocenters. The van der Waals surface area contributed by atoms with Gasteiger partial charge in [0.05, 0.1) is 37.1 Å². The Morgan fingerprint density at radius 2 is 1.95 bits per heavy atom. The average Bonchev–Trinajstić information content (AvgIpc) is 3.55. The number of fused-ring (bicyclic) bond motifs is 2. The molecule has 1 spiro atoms. The van der Waals surface area contributed by atoms with Gasteiger partial charge in [0, 0.05) is 36.8 Å². The Kier molecular flexibility index (Phi) is 6.93. The Bertz CT molecular complexity index is 1310. The first-order chi connectivity index (χ1) is 18.1. The molecule has 1 saturated heterocycles. The van der Waals surface area contributed by atoms with Crippen molar-refractivity contribution in [1.82, 2.24) is 15.0 Å². The number of carbonyl (C=O) groups excluding carboxylic acids is 1. The minimum absolute atomic E-state index is 0.0701. The van der Waals surface area contributed by atoms with E-state index in [4.69, 9.17) is 9.47 Å². The van der Waals surface area contributed by atoms with E-state index in [1.807, 2.05) is 74.7 Å². The number of methoxy groups -OCH3 is 1. The molecule has 2 aliphatic heterocycles. The van der Waals surface area contributed by atoms with Crippen molar-refractivity contribution < 1.29 is 24.2 Å².